The Bertz CT molecular complexity index is 1360. The van der Waals surface area contributed by atoms with Gasteiger partial charge in [0.2, 0.25) is 0 Å². The molecule has 0 spiro atoms. The lowest BCUT2D eigenvalue weighted by atomic mass is 10.1. The Balaban J connectivity index is 1.65. The zero-order valence-corrected chi connectivity index (χ0v) is 17.3. The lowest BCUT2D eigenvalue weighted by molar-refractivity contribution is 0.615. The first kappa shape index (κ1) is 18.6. The van der Waals surface area contributed by atoms with Crippen LogP contribution in [-0.4, -0.2) is 19.6 Å². The quantitative estimate of drug-likeness (QED) is 0.482. The van der Waals surface area contributed by atoms with Gasteiger partial charge in [0, 0.05) is 27.6 Å². The highest BCUT2D eigenvalue weighted by atomic mass is 19.1. The maximum absolute atomic E-state index is 14.6. The van der Waals surface area contributed by atoms with Gasteiger partial charge in [-0.1, -0.05) is 24.8 Å². The molecule has 150 valence electrons. The second-order valence-electron chi connectivity index (χ2n) is 8.13. The molecular weight excluding hydrogens is 377 g/mol. The van der Waals surface area contributed by atoms with Crippen LogP contribution in [0.5, 0.6) is 0 Å². The van der Waals surface area contributed by atoms with Crippen LogP contribution in [0.25, 0.3) is 16.7 Å². The molecule has 1 N–H and O–H groups in total. The zero-order chi connectivity index (χ0) is 20.9. The molecule has 2 aromatic carbocycles. The van der Waals surface area contributed by atoms with Crippen LogP contribution in [0.4, 0.5) is 15.9 Å². The molecule has 1 aliphatic carbocycles. The average molecular weight is 399 g/mol. The van der Waals surface area contributed by atoms with Gasteiger partial charge >= 0.3 is 0 Å². The fraction of sp³-hybridized carbons (Fsp3) is 0.292. The predicted octanol–water partition coefficient (Wildman–Crippen LogP) is 5.18. The largest absolute Gasteiger partial charge is 0.340 e. The van der Waals surface area contributed by atoms with E-state index in [1.165, 1.54) is 6.07 Å². The van der Waals surface area contributed by atoms with Gasteiger partial charge in [-0.15, -0.1) is 10.2 Å². The number of halogens is 1. The first-order valence-corrected chi connectivity index (χ1v) is 10.2. The van der Waals surface area contributed by atoms with Crippen molar-refractivity contribution in [2.24, 2.45) is 5.41 Å². The van der Waals surface area contributed by atoms with Gasteiger partial charge in [-0.3, -0.25) is 4.40 Å². The SMILES string of the molecule is CCc1c(F)ccc2c1c(Nc1cccc(C#CC3(C)CC3)c1)nc1nnc(C)n12. The smallest absolute Gasteiger partial charge is 0.257 e. The van der Waals surface area contributed by atoms with E-state index in [0.29, 0.717) is 29.4 Å². The van der Waals surface area contributed by atoms with Crippen LogP contribution in [0.3, 0.4) is 0 Å². The second kappa shape index (κ2) is 6.81. The summed E-state index contributed by atoms with van der Waals surface area (Å²) in [5.74, 6) is 8.16. The molecule has 2 aromatic heterocycles. The number of hydrogen-bond acceptors (Lipinski definition) is 4. The molecule has 0 radical (unpaired) electrons. The topological polar surface area (TPSA) is 55.1 Å². The monoisotopic (exact) mass is 399 g/mol. The Morgan fingerprint density at radius 2 is 2.03 bits per heavy atom. The standard InChI is InChI=1S/C24H22FN5/c1-4-18-19(25)8-9-20-21(18)22(27-23-29-28-15(2)30(20)23)26-17-7-5-6-16(14-17)10-11-24(3)12-13-24/h5-9,14H,4,12-13H2,1-3H3,(H,26,27,29). The van der Waals surface area contributed by atoms with Crippen molar-refractivity contribution in [2.45, 2.75) is 40.0 Å². The van der Waals surface area contributed by atoms with E-state index in [9.17, 15) is 4.39 Å². The van der Waals surface area contributed by atoms with E-state index in [4.69, 9.17) is 0 Å². The second-order valence-corrected chi connectivity index (χ2v) is 8.13. The summed E-state index contributed by atoms with van der Waals surface area (Å²) in [7, 11) is 0. The third kappa shape index (κ3) is 3.17. The van der Waals surface area contributed by atoms with E-state index >= 15 is 0 Å². The number of benzene rings is 2. The highest BCUT2D eigenvalue weighted by Gasteiger charge is 2.35. The molecule has 1 fully saturated rings. The van der Waals surface area contributed by atoms with Gasteiger partial charge < -0.3 is 5.32 Å². The predicted molar refractivity (Wildman–Crippen MR) is 116 cm³/mol. The molecule has 0 unspecified atom stereocenters. The van der Waals surface area contributed by atoms with Crippen molar-refractivity contribution in [2.75, 3.05) is 5.32 Å². The molecule has 0 aliphatic heterocycles. The van der Waals surface area contributed by atoms with Crippen LogP contribution in [0.2, 0.25) is 0 Å². The van der Waals surface area contributed by atoms with Crippen molar-refractivity contribution in [1.82, 2.24) is 19.6 Å². The molecule has 6 heteroatoms. The van der Waals surface area contributed by atoms with E-state index < -0.39 is 0 Å². The average Bonchev–Trinajstić information content (AvgIpc) is 3.37. The normalized spacial score (nSPS) is 14.5. The number of rotatable bonds is 3. The fourth-order valence-corrected chi connectivity index (χ4v) is 3.71. The molecule has 0 atom stereocenters. The summed E-state index contributed by atoms with van der Waals surface area (Å²) in [4.78, 5) is 4.67. The van der Waals surface area contributed by atoms with Gasteiger partial charge in [-0.05, 0) is 63.4 Å². The number of nitrogens with zero attached hydrogens (tertiary/aromatic N) is 4. The van der Waals surface area contributed by atoms with Crippen LogP contribution in [0.15, 0.2) is 36.4 Å². The Labute approximate surface area is 174 Å². The van der Waals surface area contributed by atoms with Crippen LogP contribution >= 0.6 is 0 Å². The molecule has 4 aromatic rings. The summed E-state index contributed by atoms with van der Waals surface area (Å²) in [6.07, 6.45) is 2.88. The van der Waals surface area contributed by atoms with Gasteiger partial charge in [0.25, 0.3) is 5.78 Å². The van der Waals surface area contributed by atoms with E-state index in [0.717, 1.165) is 35.0 Å². The maximum atomic E-state index is 14.6. The Hall–Kier alpha value is -3.46. The summed E-state index contributed by atoms with van der Waals surface area (Å²) < 4.78 is 16.5. The van der Waals surface area contributed by atoms with Crippen LogP contribution in [0, 0.1) is 30.0 Å². The minimum Gasteiger partial charge on any atom is -0.340 e. The number of aryl methyl sites for hydroxylation is 2. The Morgan fingerprint density at radius 1 is 1.20 bits per heavy atom. The molecule has 1 saturated carbocycles. The summed E-state index contributed by atoms with van der Waals surface area (Å²) >= 11 is 0. The molecule has 5 nitrogen and oxygen atoms in total. The summed E-state index contributed by atoms with van der Waals surface area (Å²) in [6.45, 7) is 6.00. The Kier molecular flexibility index (Phi) is 4.21. The van der Waals surface area contributed by atoms with Crippen molar-refractivity contribution >= 4 is 28.2 Å². The van der Waals surface area contributed by atoms with E-state index in [2.05, 4.69) is 39.3 Å². The van der Waals surface area contributed by atoms with Crippen molar-refractivity contribution in [3.63, 3.8) is 0 Å². The summed E-state index contributed by atoms with van der Waals surface area (Å²) in [5.41, 5.74) is 3.42. The minimum absolute atomic E-state index is 0.172. The molecule has 0 saturated heterocycles. The number of nitrogens with one attached hydrogen (secondary N) is 1. The lowest BCUT2D eigenvalue weighted by Gasteiger charge is -2.14. The Morgan fingerprint density at radius 3 is 2.80 bits per heavy atom. The van der Waals surface area contributed by atoms with Crippen molar-refractivity contribution < 1.29 is 4.39 Å². The number of anilines is 2. The van der Waals surface area contributed by atoms with Gasteiger partial charge in [-0.25, -0.2) is 4.39 Å². The van der Waals surface area contributed by atoms with Crippen molar-refractivity contribution in [3.8, 4) is 11.8 Å². The van der Waals surface area contributed by atoms with E-state index in [-0.39, 0.29) is 11.2 Å². The molecular formula is C24H22FN5. The first-order valence-electron chi connectivity index (χ1n) is 10.2. The number of hydrogen-bond donors (Lipinski definition) is 1. The highest BCUT2D eigenvalue weighted by Crippen LogP contribution is 2.44. The lowest BCUT2D eigenvalue weighted by Crippen LogP contribution is -2.04. The number of fused-ring (bicyclic) bond motifs is 3. The molecule has 2 heterocycles. The van der Waals surface area contributed by atoms with Crippen molar-refractivity contribution in [1.29, 1.82) is 0 Å². The fourth-order valence-electron chi connectivity index (χ4n) is 3.71. The van der Waals surface area contributed by atoms with E-state index in [1.807, 2.05) is 42.5 Å². The molecule has 0 amide bonds. The summed E-state index contributed by atoms with van der Waals surface area (Å²) in [6, 6.07) is 11.2. The van der Waals surface area contributed by atoms with Gasteiger partial charge in [0.05, 0.1) is 5.52 Å². The van der Waals surface area contributed by atoms with Crippen LogP contribution in [-0.2, 0) is 6.42 Å². The third-order valence-electron chi connectivity index (χ3n) is 5.72. The van der Waals surface area contributed by atoms with Crippen LogP contribution in [0.1, 0.15) is 43.6 Å². The van der Waals surface area contributed by atoms with E-state index in [1.54, 1.807) is 6.07 Å². The highest BCUT2D eigenvalue weighted by molar-refractivity contribution is 5.95. The number of aromatic nitrogens is 4. The van der Waals surface area contributed by atoms with Crippen molar-refractivity contribution in [3.05, 3.63) is 59.2 Å². The van der Waals surface area contributed by atoms with Gasteiger partial charge in [0.1, 0.15) is 17.5 Å². The maximum Gasteiger partial charge on any atom is 0.257 e. The third-order valence-corrected chi connectivity index (χ3v) is 5.72. The molecule has 1 aliphatic rings. The zero-order valence-electron chi connectivity index (χ0n) is 17.3. The minimum atomic E-state index is -0.239. The first-order chi connectivity index (χ1) is 14.5. The summed E-state index contributed by atoms with van der Waals surface area (Å²) in [5, 5.41) is 12.4. The molecule has 5 rings (SSSR count). The molecule has 30 heavy (non-hydrogen) atoms. The van der Waals surface area contributed by atoms with Gasteiger partial charge in [0.15, 0.2) is 0 Å². The van der Waals surface area contributed by atoms with Crippen LogP contribution < -0.4 is 5.32 Å². The van der Waals surface area contributed by atoms with Gasteiger partial charge in [-0.2, -0.15) is 4.98 Å². The molecule has 0 bridgehead atoms.